The van der Waals surface area contributed by atoms with Gasteiger partial charge in [0.1, 0.15) is 11.7 Å². The Balaban J connectivity index is 2.23. The molecule has 1 aliphatic heterocycles. The summed E-state index contributed by atoms with van der Waals surface area (Å²) in [6.07, 6.45) is 0.155. The van der Waals surface area contributed by atoms with E-state index in [0.29, 0.717) is 40.3 Å². The van der Waals surface area contributed by atoms with Crippen LogP contribution >= 0.6 is 0 Å². The standard InChI is InChI=1S/C24H29NO6/c1-12(2)31-24(28)19-14(4)25-16-11-13(3)18(23(27)30-6)22(26)21(16)20(19)15-9-7-8-10-17(15)29-5/h7-10,12-13,18,20,25H,11H2,1-6H3/t13-,18-,20+/m1/s1. The molecule has 1 aromatic carbocycles. The Kier molecular flexibility index (Phi) is 6.53. The highest BCUT2D eigenvalue weighted by Gasteiger charge is 2.47. The summed E-state index contributed by atoms with van der Waals surface area (Å²) in [6, 6.07) is 7.26. The van der Waals surface area contributed by atoms with Crippen LogP contribution < -0.4 is 10.1 Å². The van der Waals surface area contributed by atoms with Crippen molar-refractivity contribution in [1.29, 1.82) is 0 Å². The van der Waals surface area contributed by atoms with Crippen LogP contribution in [-0.4, -0.2) is 38.0 Å². The Hall–Kier alpha value is -3.09. The van der Waals surface area contributed by atoms with Crippen molar-refractivity contribution in [3.63, 3.8) is 0 Å². The number of rotatable bonds is 5. The lowest BCUT2D eigenvalue weighted by molar-refractivity contribution is -0.151. The zero-order valence-electron chi connectivity index (χ0n) is 18.8. The zero-order valence-corrected chi connectivity index (χ0v) is 18.8. The van der Waals surface area contributed by atoms with Gasteiger partial charge in [0.05, 0.1) is 31.8 Å². The highest BCUT2D eigenvalue weighted by molar-refractivity contribution is 6.12. The lowest BCUT2D eigenvalue weighted by atomic mass is 9.69. The molecule has 0 bridgehead atoms. The fraction of sp³-hybridized carbons (Fsp3) is 0.458. The van der Waals surface area contributed by atoms with Gasteiger partial charge in [-0.1, -0.05) is 25.1 Å². The van der Waals surface area contributed by atoms with Crippen LogP contribution in [0.2, 0.25) is 0 Å². The van der Waals surface area contributed by atoms with Crippen LogP contribution in [0.3, 0.4) is 0 Å². The molecule has 1 heterocycles. The highest BCUT2D eigenvalue weighted by Crippen LogP contribution is 2.47. The minimum Gasteiger partial charge on any atom is -0.496 e. The van der Waals surface area contributed by atoms with Gasteiger partial charge < -0.3 is 19.5 Å². The van der Waals surface area contributed by atoms with Crippen LogP contribution in [0.15, 0.2) is 46.8 Å². The molecule has 0 fully saturated rings. The molecule has 166 valence electrons. The Morgan fingerprint density at radius 2 is 1.84 bits per heavy atom. The maximum atomic E-state index is 13.6. The van der Waals surface area contributed by atoms with Gasteiger partial charge in [-0.2, -0.15) is 0 Å². The SMILES string of the molecule is COC(=O)[C@H]1C(=O)C2=C(C[C@H]1C)NC(C)=C(C(=O)OC(C)C)[C@@H]2c1ccccc1OC. The van der Waals surface area contributed by atoms with E-state index in [1.165, 1.54) is 7.11 Å². The van der Waals surface area contributed by atoms with Crippen molar-refractivity contribution in [3.8, 4) is 5.75 Å². The van der Waals surface area contributed by atoms with E-state index in [1.807, 2.05) is 25.1 Å². The molecule has 0 saturated carbocycles. The van der Waals surface area contributed by atoms with Crippen LogP contribution in [0.25, 0.3) is 0 Å². The van der Waals surface area contributed by atoms with Gasteiger partial charge in [0.2, 0.25) is 0 Å². The topological polar surface area (TPSA) is 90.9 Å². The molecule has 7 nitrogen and oxygen atoms in total. The number of nitrogens with one attached hydrogen (secondary N) is 1. The second-order valence-electron chi connectivity index (χ2n) is 8.23. The number of Topliss-reactive ketones (excluding diaryl/α,β-unsaturated/α-hetero) is 1. The summed E-state index contributed by atoms with van der Waals surface area (Å²) >= 11 is 0. The second kappa shape index (κ2) is 8.96. The van der Waals surface area contributed by atoms with Crippen LogP contribution in [0.5, 0.6) is 5.75 Å². The number of methoxy groups -OCH3 is 2. The van der Waals surface area contributed by atoms with Crippen LogP contribution in [0.1, 0.15) is 45.6 Å². The van der Waals surface area contributed by atoms with Gasteiger partial charge in [0.25, 0.3) is 0 Å². The number of hydrogen-bond acceptors (Lipinski definition) is 7. The number of carbonyl (C=O) groups is 3. The average Bonchev–Trinajstić information content (AvgIpc) is 2.71. The lowest BCUT2D eigenvalue weighted by Gasteiger charge is -2.38. The zero-order chi connectivity index (χ0) is 22.9. The van der Waals surface area contributed by atoms with Gasteiger partial charge in [-0.25, -0.2) is 4.79 Å². The normalized spacial score (nSPS) is 23.3. The van der Waals surface area contributed by atoms with Gasteiger partial charge >= 0.3 is 11.9 Å². The van der Waals surface area contributed by atoms with Gasteiger partial charge in [0, 0.05) is 22.5 Å². The van der Waals surface area contributed by atoms with Crippen LogP contribution in [-0.2, 0) is 23.9 Å². The van der Waals surface area contributed by atoms with Gasteiger partial charge in [-0.05, 0) is 39.2 Å². The first-order valence-electron chi connectivity index (χ1n) is 10.4. The summed E-state index contributed by atoms with van der Waals surface area (Å²) in [5.41, 5.74) is 2.73. The molecule has 31 heavy (non-hydrogen) atoms. The Morgan fingerprint density at radius 1 is 1.16 bits per heavy atom. The molecule has 0 aromatic heterocycles. The van der Waals surface area contributed by atoms with E-state index in [0.717, 1.165) is 0 Å². The van der Waals surface area contributed by atoms with E-state index >= 15 is 0 Å². The van der Waals surface area contributed by atoms with E-state index in [9.17, 15) is 14.4 Å². The third-order valence-electron chi connectivity index (χ3n) is 5.76. The van der Waals surface area contributed by atoms with Crippen molar-refractivity contribution in [2.45, 2.75) is 46.1 Å². The van der Waals surface area contributed by atoms with Crippen molar-refractivity contribution in [3.05, 3.63) is 52.4 Å². The summed E-state index contributed by atoms with van der Waals surface area (Å²) in [6.45, 7) is 7.19. The van der Waals surface area contributed by atoms with Crippen LogP contribution in [0.4, 0.5) is 0 Å². The predicted octanol–water partition coefficient (Wildman–Crippen LogP) is 3.26. The smallest absolute Gasteiger partial charge is 0.337 e. The number of carbonyl (C=O) groups excluding carboxylic acids is 3. The van der Waals surface area contributed by atoms with Crippen molar-refractivity contribution in [1.82, 2.24) is 5.32 Å². The molecule has 3 rings (SSSR count). The van der Waals surface area contributed by atoms with Gasteiger partial charge in [-0.3, -0.25) is 9.59 Å². The molecule has 0 unspecified atom stereocenters. The molecule has 0 radical (unpaired) electrons. The maximum Gasteiger partial charge on any atom is 0.337 e. The summed E-state index contributed by atoms with van der Waals surface area (Å²) in [7, 11) is 2.82. The summed E-state index contributed by atoms with van der Waals surface area (Å²) in [5.74, 6) is -2.75. The number of allylic oxidation sites excluding steroid dienone is 3. The molecule has 1 aliphatic carbocycles. The summed E-state index contributed by atoms with van der Waals surface area (Å²) < 4.78 is 16.0. The molecule has 2 aliphatic rings. The molecule has 7 heteroatoms. The molecule has 3 atom stereocenters. The fourth-order valence-corrected chi connectivity index (χ4v) is 4.44. The van der Waals surface area contributed by atoms with Gasteiger partial charge in [0.15, 0.2) is 5.78 Å². The Bertz CT molecular complexity index is 974. The van der Waals surface area contributed by atoms with E-state index in [1.54, 1.807) is 33.9 Å². The third-order valence-corrected chi connectivity index (χ3v) is 5.76. The molecule has 0 spiro atoms. The first kappa shape index (κ1) is 22.6. The molecule has 1 aromatic rings. The van der Waals surface area contributed by atoms with E-state index < -0.39 is 23.8 Å². The lowest BCUT2D eigenvalue weighted by Crippen LogP contribution is -2.43. The number of ether oxygens (including phenoxy) is 3. The van der Waals surface area contributed by atoms with Crippen molar-refractivity contribution < 1.29 is 28.6 Å². The highest BCUT2D eigenvalue weighted by atomic mass is 16.5. The molecule has 0 amide bonds. The second-order valence-corrected chi connectivity index (χ2v) is 8.23. The fourth-order valence-electron chi connectivity index (χ4n) is 4.44. The Morgan fingerprint density at radius 3 is 2.45 bits per heavy atom. The van der Waals surface area contributed by atoms with E-state index in [-0.39, 0.29) is 17.8 Å². The number of hydrogen-bond donors (Lipinski definition) is 1. The number of para-hydroxylation sites is 1. The van der Waals surface area contributed by atoms with Crippen molar-refractivity contribution >= 4 is 17.7 Å². The minimum atomic E-state index is -0.927. The number of dihydropyridines is 1. The number of ketones is 1. The van der Waals surface area contributed by atoms with E-state index in [2.05, 4.69) is 5.32 Å². The van der Waals surface area contributed by atoms with Gasteiger partial charge in [-0.15, -0.1) is 0 Å². The van der Waals surface area contributed by atoms with E-state index in [4.69, 9.17) is 14.2 Å². The molecule has 1 N–H and O–H groups in total. The van der Waals surface area contributed by atoms with Crippen molar-refractivity contribution in [2.75, 3.05) is 14.2 Å². The quantitative estimate of drug-likeness (QED) is 0.570. The predicted molar refractivity (Wildman–Crippen MR) is 114 cm³/mol. The summed E-state index contributed by atoms with van der Waals surface area (Å²) in [5, 5.41) is 3.24. The molecule has 0 saturated heterocycles. The molecular formula is C24H29NO6. The third kappa shape index (κ3) is 4.09. The average molecular weight is 427 g/mol. The monoisotopic (exact) mass is 427 g/mol. The Labute approximate surface area is 182 Å². The maximum absolute atomic E-state index is 13.6. The largest absolute Gasteiger partial charge is 0.496 e. The summed E-state index contributed by atoms with van der Waals surface area (Å²) in [4.78, 5) is 39.2. The minimum absolute atomic E-state index is 0.235. The number of esters is 2. The number of benzene rings is 1. The molecular weight excluding hydrogens is 398 g/mol. The van der Waals surface area contributed by atoms with Crippen molar-refractivity contribution in [2.24, 2.45) is 11.8 Å². The first-order chi connectivity index (χ1) is 14.7. The first-order valence-corrected chi connectivity index (χ1v) is 10.4. The van der Waals surface area contributed by atoms with Crippen LogP contribution in [0, 0.1) is 11.8 Å².